The van der Waals surface area contributed by atoms with Crippen LogP contribution in [-0.2, 0) is 14.3 Å². The van der Waals surface area contributed by atoms with E-state index < -0.39 is 32.7 Å². The summed E-state index contributed by atoms with van der Waals surface area (Å²) in [5.74, 6) is -1.09. The van der Waals surface area contributed by atoms with Gasteiger partial charge in [0.25, 0.3) is 10.1 Å². The van der Waals surface area contributed by atoms with Crippen LogP contribution in [0, 0.1) is 22.9 Å². The highest BCUT2D eigenvalue weighted by Crippen LogP contribution is 2.37. The van der Waals surface area contributed by atoms with Crippen LogP contribution in [0.25, 0.3) is 0 Å². The quantitative estimate of drug-likeness (QED) is 0.444. The number of ether oxygens (including phenoxy) is 2. The summed E-state index contributed by atoms with van der Waals surface area (Å²) in [4.78, 5) is 9.90. The molecule has 0 N–H and O–H groups in total. The van der Waals surface area contributed by atoms with Crippen LogP contribution in [0.2, 0.25) is 0 Å². The molecule has 0 fully saturated rings. The number of nitro groups is 1. The molecule has 0 saturated carbocycles. The molecule has 0 aromatic heterocycles. The van der Waals surface area contributed by atoms with Crippen molar-refractivity contribution in [1.29, 1.82) is 0 Å². The van der Waals surface area contributed by atoms with Gasteiger partial charge in [-0.15, -0.1) is 0 Å². The Kier molecular flexibility index (Phi) is 4.79. The largest absolute Gasteiger partial charge is 0.486 e. The first-order valence-electron chi connectivity index (χ1n) is 7.50. The topological polar surface area (TPSA) is 105 Å². The molecular weight excluding hydrogens is 369 g/mol. The summed E-state index contributed by atoms with van der Waals surface area (Å²) in [6.45, 7) is 1.37. The first kappa shape index (κ1) is 18.1. The summed E-state index contributed by atoms with van der Waals surface area (Å²) in [5.41, 5.74) is 0.139. The number of hydrogen-bond acceptors (Lipinski definition) is 7. The molecule has 1 aliphatic heterocycles. The van der Waals surface area contributed by atoms with Crippen LogP contribution < -0.4 is 9.47 Å². The van der Waals surface area contributed by atoms with Crippen molar-refractivity contribution in [2.24, 2.45) is 0 Å². The SMILES string of the molecule is Cc1ccc(S(=O)(=O)OCC2COc3cc(F)c([N+](=O)[O-])cc3O2)cc1. The third-order valence-corrected chi connectivity index (χ3v) is 4.94. The zero-order chi connectivity index (χ0) is 18.9. The predicted molar refractivity (Wildman–Crippen MR) is 87.3 cm³/mol. The van der Waals surface area contributed by atoms with Gasteiger partial charge in [-0.1, -0.05) is 17.7 Å². The maximum Gasteiger partial charge on any atom is 0.308 e. The first-order chi connectivity index (χ1) is 12.3. The van der Waals surface area contributed by atoms with Crippen LogP contribution in [-0.4, -0.2) is 32.7 Å². The van der Waals surface area contributed by atoms with E-state index in [0.717, 1.165) is 17.7 Å². The maximum absolute atomic E-state index is 13.6. The third kappa shape index (κ3) is 3.75. The van der Waals surface area contributed by atoms with Gasteiger partial charge in [0.15, 0.2) is 17.6 Å². The van der Waals surface area contributed by atoms with Crippen molar-refractivity contribution in [3.63, 3.8) is 0 Å². The smallest absolute Gasteiger partial charge is 0.308 e. The van der Waals surface area contributed by atoms with E-state index in [1.807, 2.05) is 6.92 Å². The summed E-state index contributed by atoms with van der Waals surface area (Å²) in [6.07, 6.45) is -0.826. The number of nitro benzene ring substituents is 1. The minimum Gasteiger partial charge on any atom is -0.486 e. The summed E-state index contributed by atoms with van der Waals surface area (Å²) >= 11 is 0. The molecule has 2 aromatic carbocycles. The molecule has 0 aliphatic carbocycles. The van der Waals surface area contributed by atoms with E-state index in [-0.39, 0.29) is 29.6 Å². The summed E-state index contributed by atoms with van der Waals surface area (Å²) < 4.78 is 53.6. The van der Waals surface area contributed by atoms with E-state index in [4.69, 9.17) is 13.7 Å². The van der Waals surface area contributed by atoms with Gasteiger partial charge >= 0.3 is 5.69 Å². The molecule has 1 heterocycles. The number of halogens is 1. The predicted octanol–water partition coefficient (Wildman–Crippen LogP) is 2.59. The monoisotopic (exact) mass is 383 g/mol. The van der Waals surface area contributed by atoms with Gasteiger partial charge in [-0.25, -0.2) is 0 Å². The Labute approximate surface area is 148 Å². The second-order valence-electron chi connectivity index (χ2n) is 5.61. The lowest BCUT2D eigenvalue weighted by Gasteiger charge is -2.26. The lowest BCUT2D eigenvalue weighted by atomic mass is 10.2. The van der Waals surface area contributed by atoms with Crippen LogP contribution in [0.4, 0.5) is 10.1 Å². The Balaban J connectivity index is 1.70. The fraction of sp³-hybridized carbons (Fsp3) is 0.250. The van der Waals surface area contributed by atoms with Gasteiger partial charge in [-0.2, -0.15) is 12.8 Å². The van der Waals surface area contributed by atoms with Crippen LogP contribution in [0.1, 0.15) is 5.56 Å². The van der Waals surface area contributed by atoms with Crippen molar-refractivity contribution < 1.29 is 31.4 Å². The van der Waals surface area contributed by atoms with Crippen molar-refractivity contribution in [2.45, 2.75) is 17.9 Å². The molecule has 2 aromatic rings. The molecule has 138 valence electrons. The first-order valence-corrected chi connectivity index (χ1v) is 8.90. The van der Waals surface area contributed by atoms with Gasteiger partial charge in [0.2, 0.25) is 5.82 Å². The number of nitrogens with zero attached hydrogens (tertiary/aromatic N) is 1. The Morgan fingerprint density at radius 1 is 1.27 bits per heavy atom. The van der Waals surface area contributed by atoms with Crippen LogP contribution in [0.5, 0.6) is 11.5 Å². The average molecular weight is 383 g/mol. The van der Waals surface area contributed by atoms with E-state index in [1.165, 1.54) is 12.1 Å². The van der Waals surface area contributed by atoms with Crippen LogP contribution in [0.15, 0.2) is 41.3 Å². The molecule has 1 aliphatic rings. The molecule has 0 saturated heterocycles. The van der Waals surface area contributed by atoms with E-state index in [1.54, 1.807) is 12.1 Å². The van der Waals surface area contributed by atoms with Gasteiger partial charge in [0, 0.05) is 6.07 Å². The highest BCUT2D eigenvalue weighted by atomic mass is 32.2. The molecular formula is C16H14FNO7S. The number of aryl methyl sites for hydroxylation is 1. The van der Waals surface area contributed by atoms with E-state index in [9.17, 15) is 22.9 Å². The summed E-state index contributed by atoms with van der Waals surface area (Å²) in [7, 11) is -3.99. The Hall–Kier alpha value is -2.72. The van der Waals surface area contributed by atoms with Gasteiger partial charge < -0.3 is 9.47 Å². The maximum atomic E-state index is 13.6. The molecule has 26 heavy (non-hydrogen) atoms. The van der Waals surface area contributed by atoms with Crippen molar-refractivity contribution in [3.05, 3.63) is 57.9 Å². The van der Waals surface area contributed by atoms with Crippen molar-refractivity contribution in [2.75, 3.05) is 13.2 Å². The van der Waals surface area contributed by atoms with Gasteiger partial charge in [0.1, 0.15) is 13.2 Å². The van der Waals surface area contributed by atoms with E-state index >= 15 is 0 Å². The standard InChI is InChI=1S/C16H14FNO7S/c1-10-2-4-12(5-3-10)26(21,22)24-9-11-8-23-15-6-13(17)14(18(19)20)7-16(15)25-11/h2-7,11H,8-9H2,1H3. The molecule has 0 bridgehead atoms. The fourth-order valence-corrected chi connectivity index (χ4v) is 3.22. The number of benzene rings is 2. The average Bonchev–Trinajstić information content (AvgIpc) is 2.59. The van der Waals surface area contributed by atoms with E-state index in [2.05, 4.69) is 0 Å². The molecule has 3 rings (SSSR count). The zero-order valence-corrected chi connectivity index (χ0v) is 14.4. The zero-order valence-electron chi connectivity index (χ0n) is 13.5. The van der Waals surface area contributed by atoms with Gasteiger partial charge in [-0.05, 0) is 19.1 Å². The molecule has 1 atom stereocenters. The molecule has 0 spiro atoms. The number of rotatable bonds is 5. The Morgan fingerprint density at radius 2 is 1.96 bits per heavy atom. The number of fused-ring (bicyclic) bond motifs is 1. The highest BCUT2D eigenvalue weighted by molar-refractivity contribution is 7.86. The molecule has 0 radical (unpaired) electrons. The highest BCUT2D eigenvalue weighted by Gasteiger charge is 2.28. The van der Waals surface area contributed by atoms with Crippen molar-refractivity contribution in [3.8, 4) is 11.5 Å². The van der Waals surface area contributed by atoms with Gasteiger partial charge in [0.05, 0.1) is 15.9 Å². The molecule has 8 nitrogen and oxygen atoms in total. The van der Waals surface area contributed by atoms with E-state index in [0.29, 0.717) is 0 Å². The lowest BCUT2D eigenvalue weighted by Crippen LogP contribution is -2.34. The third-order valence-electron chi connectivity index (χ3n) is 3.65. The van der Waals surface area contributed by atoms with Gasteiger partial charge in [-0.3, -0.25) is 14.3 Å². The lowest BCUT2D eigenvalue weighted by molar-refractivity contribution is -0.387. The molecule has 1 unspecified atom stereocenters. The summed E-state index contributed by atoms with van der Waals surface area (Å²) in [5, 5.41) is 10.8. The Morgan fingerprint density at radius 3 is 2.62 bits per heavy atom. The minimum absolute atomic E-state index is 0.00191. The number of hydrogen-bond donors (Lipinski definition) is 0. The molecule has 0 amide bonds. The molecule has 10 heteroatoms. The van der Waals surface area contributed by atoms with Crippen LogP contribution >= 0.6 is 0 Å². The normalized spacial score (nSPS) is 16.3. The second kappa shape index (κ2) is 6.89. The second-order valence-corrected chi connectivity index (χ2v) is 7.23. The van der Waals surface area contributed by atoms with Crippen molar-refractivity contribution in [1.82, 2.24) is 0 Å². The van der Waals surface area contributed by atoms with Crippen LogP contribution in [0.3, 0.4) is 0 Å². The minimum atomic E-state index is -3.99. The summed E-state index contributed by atoms with van der Waals surface area (Å²) in [6, 6.07) is 7.87. The Bertz CT molecular complexity index is 944. The van der Waals surface area contributed by atoms with Crippen molar-refractivity contribution >= 4 is 15.8 Å². The fourth-order valence-electron chi connectivity index (χ4n) is 2.29.